The second-order valence-corrected chi connectivity index (χ2v) is 8.60. The molecule has 4 rings (SSSR count). The summed E-state index contributed by atoms with van der Waals surface area (Å²) >= 11 is 5.98. The van der Waals surface area contributed by atoms with E-state index in [1.165, 1.54) is 12.1 Å². The fourth-order valence-corrected chi connectivity index (χ4v) is 4.65. The lowest BCUT2D eigenvalue weighted by Gasteiger charge is -2.39. The van der Waals surface area contributed by atoms with Gasteiger partial charge in [0, 0.05) is 49.1 Å². The molecule has 2 saturated heterocycles. The molecule has 0 aromatic heterocycles. The van der Waals surface area contributed by atoms with E-state index >= 15 is 0 Å². The van der Waals surface area contributed by atoms with Gasteiger partial charge in [-0.25, -0.2) is 0 Å². The molecule has 2 unspecified atom stereocenters. The maximum Gasteiger partial charge on any atom is 0.573 e. The summed E-state index contributed by atoms with van der Waals surface area (Å²) in [4.78, 5) is 16.8. The number of piperidine rings is 1. The molecule has 2 aliphatic rings. The minimum absolute atomic E-state index is 0.00980. The summed E-state index contributed by atoms with van der Waals surface area (Å²) in [6, 6.07) is 13.0. The van der Waals surface area contributed by atoms with Crippen molar-refractivity contribution in [3.05, 3.63) is 53.6 Å². The highest BCUT2D eigenvalue weighted by atomic mass is 35.5. The second-order valence-electron chi connectivity index (χ2n) is 8.16. The van der Waals surface area contributed by atoms with Crippen molar-refractivity contribution in [1.82, 2.24) is 4.90 Å². The van der Waals surface area contributed by atoms with Gasteiger partial charge in [0.1, 0.15) is 5.75 Å². The maximum atomic E-state index is 12.8. The molecule has 33 heavy (non-hydrogen) atoms. The van der Waals surface area contributed by atoms with Crippen molar-refractivity contribution in [1.29, 1.82) is 0 Å². The smallest absolute Gasteiger partial charge is 0.406 e. The van der Waals surface area contributed by atoms with Gasteiger partial charge in [0.2, 0.25) is 5.91 Å². The SMILES string of the molecule is COC1C(N2CCC(Nc3ccc(OC(F)(F)F)cc3)CC2)CC(=O)N1c1ccc(Cl)cc1. The zero-order valence-corrected chi connectivity index (χ0v) is 18.8. The van der Waals surface area contributed by atoms with Gasteiger partial charge < -0.3 is 14.8 Å². The van der Waals surface area contributed by atoms with Gasteiger partial charge in [0.15, 0.2) is 6.23 Å². The van der Waals surface area contributed by atoms with Crippen molar-refractivity contribution in [3.8, 4) is 5.75 Å². The molecule has 0 radical (unpaired) electrons. The molecule has 2 aliphatic heterocycles. The van der Waals surface area contributed by atoms with E-state index in [4.69, 9.17) is 16.3 Å². The molecule has 0 saturated carbocycles. The third-order valence-electron chi connectivity index (χ3n) is 6.04. The Hall–Kier alpha value is -2.49. The number of carbonyl (C=O) groups excluding carboxylic acids is 1. The largest absolute Gasteiger partial charge is 0.573 e. The second kappa shape index (κ2) is 9.79. The molecule has 0 aliphatic carbocycles. The van der Waals surface area contributed by atoms with Crippen molar-refractivity contribution in [2.24, 2.45) is 0 Å². The minimum Gasteiger partial charge on any atom is -0.406 e. The summed E-state index contributed by atoms with van der Waals surface area (Å²) in [6.07, 6.45) is -3.04. The number of likely N-dealkylation sites (tertiary alicyclic amines) is 1. The highest BCUT2D eigenvalue weighted by Crippen LogP contribution is 2.33. The molecule has 6 nitrogen and oxygen atoms in total. The van der Waals surface area contributed by atoms with Crippen LogP contribution in [0, 0.1) is 0 Å². The summed E-state index contributed by atoms with van der Waals surface area (Å²) in [5.41, 5.74) is 1.50. The molecule has 0 bridgehead atoms. The monoisotopic (exact) mass is 483 g/mol. The Balaban J connectivity index is 1.33. The Morgan fingerprint density at radius 3 is 2.24 bits per heavy atom. The van der Waals surface area contributed by atoms with Crippen LogP contribution in [0.5, 0.6) is 5.75 Å². The zero-order valence-electron chi connectivity index (χ0n) is 18.0. The van der Waals surface area contributed by atoms with Gasteiger partial charge in [-0.1, -0.05) is 11.6 Å². The number of amides is 1. The van der Waals surface area contributed by atoms with E-state index in [9.17, 15) is 18.0 Å². The van der Waals surface area contributed by atoms with Crippen molar-refractivity contribution in [2.75, 3.05) is 30.4 Å². The van der Waals surface area contributed by atoms with Crippen LogP contribution in [0.1, 0.15) is 19.3 Å². The Bertz CT molecular complexity index is 948. The van der Waals surface area contributed by atoms with Gasteiger partial charge in [0.05, 0.1) is 6.04 Å². The first-order valence-electron chi connectivity index (χ1n) is 10.7. The Labute approximate surface area is 195 Å². The molecular formula is C23H25ClF3N3O3. The lowest BCUT2D eigenvalue weighted by Crippen LogP contribution is -2.50. The van der Waals surface area contributed by atoms with Crippen LogP contribution in [0.4, 0.5) is 24.5 Å². The normalized spacial score (nSPS) is 22.6. The number of anilines is 2. The van der Waals surface area contributed by atoms with Crippen LogP contribution in [0.3, 0.4) is 0 Å². The third kappa shape index (κ3) is 5.72. The van der Waals surface area contributed by atoms with E-state index in [1.807, 2.05) is 12.1 Å². The number of rotatable bonds is 6. The number of hydrogen-bond donors (Lipinski definition) is 1. The first-order chi connectivity index (χ1) is 15.7. The zero-order chi connectivity index (χ0) is 23.6. The topological polar surface area (TPSA) is 54.0 Å². The first kappa shape index (κ1) is 23.7. The number of hydrogen-bond acceptors (Lipinski definition) is 5. The summed E-state index contributed by atoms with van der Waals surface area (Å²) in [6.45, 7) is 1.55. The molecule has 2 heterocycles. The van der Waals surface area contributed by atoms with E-state index in [0.717, 1.165) is 37.3 Å². The standard InChI is InChI=1S/C23H25ClF3N3O3/c1-32-22-20(14-21(31)30(22)18-6-2-15(24)3-7-18)29-12-10-17(11-13-29)28-16-4-8-19(9-5-16)33-23(25,26)27/h2-9,17,20,22,28H,10-14H2,1H3. The molecule has 0 spiro atoms. The predicted octanol–water partition coefficient (Wildman–Crippen LogP) is 4.89. The Kier molecular flexibility index (Phi) is 7.02. The van der Waals surface area contributed by atoms with E-state index in [1.54, 1.807) is 36.3 Å². The van der Waals surface area contributed by atoms with Crippen LogP contribution in [-0.4, -0.2) is 55.7 Å². The predicted molar refractivity (Wildman–Crippen MR) is 119 cm³/mol. The summed E-state index contributed by atoms with van der Waals surface area (Å²) < 4.78 is 46.6. The highest BCUT2D eigenvalue weighted by Gasteiger charge is 2.44. The Morgan fingerprint density at radius 2 is 1.67 bits per heavy atom. The van der Waals surface area contributed by atoms with Crippen LogP contribution in [0.2, 0.25) is 5.02 Å². The minimum atomic E-state index is -4.70. The van der Waals surface area contributed by atoms with Gasteiger partial charge in [-0.2, -0.15) is 0 Å². The molecule has 178 valence electrons. The molecule has 2 fully saturated rings. The number of halogens is 4. The van der Waals surface area contributed by atoms with Gasteiger partial charge >= 0.3 is 6.36 Å². The van der Waals surface area contributed by atoms with Crippen molar-refractivity contribution in [2.45, 2.75) is 43.9 Å². The van der Waals surface area contributed by atoms with E-state index < -0.39 is 6.36 Å². The first-order valence-corrected chi connectivity index (χ1v) is 11.1. The number of benzene rings is 2. The average molecular weight is 484 g/mol. The number of carbonyl (C=O) groups is 1. The van der Waals surface area contributed by atoms with Gasteiger partial charge in [-0.15, -0.1) is 13.2 Å². The molecular weight excluding hydrogens is 459 g/mol. The lowest BCUT2D eigenvalue weighted by molar-refractivity contribution is -0.274. The molecule has 1 N–H and O–H groups in total. The van der Waals surface area contributed by atoms with Crippen molar-refractivity contribution >= 4 is 28.9 Å². The molecule has 2 aromatic carbocycles. The third-order valence-corrected chi connectivity index (χ3v) is 6.29. The van der Waals surface area contributed by atoms with Crippen molar-refractivity contribution < 1.29 is 27.4 Å². The van der Waals surface area contributed by atoms with E-state index in [-0.39, 0.29) is 30.0 Å². The Morgan fingerprint density at radius 1 is 1.03 bits per heavy atom. The fraction of sp³-hybridized carbons (Fsp3) is 0.435. The van der Waals surface area contributed by atoms with Crippen LogP contribution >= 0.6 is 11.6 Å². The number of methoxy groups -OCH3 is 1. The maximum absolute atomic E-state index is 12.8. The molecule has 2 atom stereocenters. The number of nitrogens with one attached hydrogen (secondary N) is 1. The molecule has 1 amide bonds. The highest BCUT2D eigenvalue weighted by molar-refractivity contribution is 6.30. The van der Waals surface area contributed by atoms with E-state index in [2.05, 4.69) is 15.0 Å². The lowest BCUT2D eigenvalue weighted by atomic mass is 10.0. The number of ether oxygens (including phenoxy) is 2. The van der Waals surface area contributed by atoms with Crippen LogP contribution in [0.25, 0.3) is 0 Å². The molecule has 10 heteroatoms. The van der Waals surface area contributed by atoms with Crippen LogP contribution < -0.4 is 15.0 Å². The quantitative estimate of drug-likeness (QED) is 0.634. The number of nitrogens with zero attached hydrogens (tertiary/aromatic N) is 2. The summed E-state index contributed by atoms with van der Waals surface area (Å²) in [5, 5.41) is 3.98. The summed E-state index contributed by atoms with van der Waals surface area (Å²) in [5.74, 6) is -0.236. The van der Waals surface area contributed by atoms with Crippen molar-refractivity contribution in [3.63, 3.8) is 0 Å². The van der Waals surface area contributed by atoms with E-state index in [0.29, 0.717) is 11.4 Å². The van der Waals surface area contributed by atoms with Crippen LogP contribution in [-0.2, 0) is 9.53 Å². The number of alkyl halides is 3. The summed E-state index contributed by atoms with van der Waals surface area (Å²) in [7, 11) is 1.61. The fourth-order valence-electron chi connectivity index (χ4n) is 4.52. The average Bonchev–Trinajstić information content (AvgIpc) is 3.11. The van der Waals surface area contributed by atoms with Gasteiger partial charge in [-0.05, 0) is 61.4 Å². The van der Waals surface area contributed by atoms with Gasteiger partial charge in [0.25, 0.3) is 0 Å². The molecule has 2 aromatic rings. The van der Waals surface area contributed by atoms with Gasteiger partial charge in [-0.3, -0.25) is 14.6 Å². The van der Waals surface area contributed by atoms with Crippen LogP contribution in [0.15, 0.2) is 48.5 Å².